The van der Waals surface area contributed by atoms with Gasteiger partial charge in [0, 0.05) is 24.8 Å². The average Bonchev–Trinajstić information content (AvgIpc) is 2.65. The molecule has 156 valence electrons. The summed E-state index contributed by atoms with van der Waals surface area (Å²) in [5, 5.41) is 9.89. The predicted octanol–water partition coefficient (Wildman–Crippen LogP) is 0.710. The maximum absolute atomic E-state index is 12.9. The highest BCUT2D eigenvalue weighted by Gasteiger charge is 2.37. The summed E-state index contributed by atoms with van der Waals surface area (Å²) in [7, 11) is 0. The number of ether oxygens (including phenoxy) is 2. The average molecular weight is 437 g/mol. The molecule has 0 bridgehead atoms. The van der Waals surface area contributed by atoms with Gasteiger partial charge in [0.15, 0.2) is 0 Å². The van der Waals surface area contributed by atoms with Crippen molar-refractivity contribution >= 4 is 47.0 Å². The number of nitrogens with one attached hydrogen (secondary N) is 4. The molecular weight excluding hydrogens is 415 g/mol. The zero-order valence-corrected chi connectivity index (χ0v) is 17.0. The van der Waals surface area contributed by atoms with Crippen molar-refractivity contribution in [2.24, 2.45) is 0 Å². The van der Waals surface area contributed by atoms with Crippen LogP contribution < -0.4 is 21.3 Å². The van der Waals surface area contributed by atoms with E-state index in [1.54, 1.807) is 13.8 Å². The minimum Gasteiger partial charge on any atom is -0.450 e. The molecule has 4 N–H and O–H groups in total. The second kappa shape index (κ2) is 12.1. The highest BCUT2D eigenvalue weighted by Crippen LogP contribution is 2.20. The molecule has 28 heavy (non-hydrogen) atoms. The minimum atomic E-state index is -0.915. The van der Waals surface area contributed by atoms with E-state index in [0.717, 1.165) is 0 Å². The number of carbonyl (C=O) groups is 4. The lowest BCUT2D eigenvalue weighted by Gasteiger charge is -2.25. The van der Waals surface area contributed by atoms with Crippen molar-refractivity contribution in [1.82, 2.24) is 21.3 Å². The van der Waals surface area contributed by atoms with Crippen LogP contribution >= 0.6 is 23.2 Å². The number of carbonyl (C=O) groups excluding carboxylic acids is 4. The molecule has 0 unspecified atom stereocenters. The standard InChI is InChI=1S/C16H22Cl2N4O6/c1-3-27-15(25)21-11-9(19-7-5-17)14(24)12(22-16(26)28-4-2)10(13(11)23)20-8-6-18/h19-20H,3-8H2,1-2H3,(H,21,25)(H,22,26). The summed E-state index contributed by atoms with van der Waals surface area (Å²) in [5.74, 6) is -1.25. The largest absolute Gasteiger partial charge is 0.450 e. The summed E-state index contributed by atoms with van der Waals surface area (Å²) < 4.78 is 9.54. The van der Waals surface area contributed by atoms with Crippen molar-refractivity contribution in [3.63, 3.8) is 0 Å². The number of amides is 2. The number of Topliss-reactive ketones (excluding diaryl/α,β-unsaturated/α-hetero) is 2. The van der Waals surface area contributed by atoms with Crippen LogP contribution in [0.3, 0.4) is 0 Å². The van der Waals surface area contributed by atoms with Crippen LogP contribution in [-0.4, -0.2) is 61.8 Å². The lowest BCUT2D eigenvalue weighted by atomic mass is 9.98. The summed E-state index contributed by atoms with van der Waals surface area (Å²) in [5.41, 5.74) is -1.14. The summed E-state index contributed by atoms with van der Waals surface area (Å²) in [4.78, 5) is 49.5. The first-order valence-electron chi connectivity index (χ1n) is 8.46. The van der Waals surface area contributed by atoms with Gasteiger partial charge in [0.2, 0.25) is 11.6 Å². The number of hydrogen-bond acceptors (Lipinski definition) is 8. The Morgan fingerprint density at radius 1 is 0.750 bits per heavy atom. The molecule has 0 spiro atoms. The van der Waals surface area contributed by atoms with E-state index < -0.39 is 23.8 Å². The monoisotopic (exact) mass is 436 g/mol. The van der Waals surface area contributed by atoms with Gasteiger partial charge in [-0.15, -0.1) is 23.2 Å². The molecule has 10 nitrogen and oxygen atoms in total. The van der Waals surface area contributed by atoms with Gasteiger partial charge in [-0.25, -0.2) is 9.59 Å². The highest BCUT2D eigenvalue weighted by molar-refractivity contribution is 6.26. The maximum Gasteiger partial charge on any atom is 0.411 e. The second-order valence-electron chi connectivity index (χ2n) is 5.08. The Kier molecular flexibility index (Phi) is 10.2. The van der Waals surface area contributed by atoms with Gasteiger partial charge in [-0.1, -0.05) is 0 Å². The van der Waals surface area contributed by atoms with Gasteiger partial charge in [-0.2, -0.15) is 0 Å². The van der Waals surface area contributed by atoms with E-state index in [1.165, 1.54) is 0 Å². The molecule has 12 heteroatoms. The molecule has 0 atom stereocenters. The zero-order valence-electron chi connectivity index (χ0n) is 15.4. The molecule has 0 aromatic carbocycles. The van der Waals surface area contributed by atoms with Crippen LogP contribution in [-0.2, 0) is 19.1 Å². The van der Waals surface area contributed by atoms with E-state index in [0.29, 0.717) is 0 Å². The molecular formula is C16H22Cl2N4O6. The third kappa shape index (κ3) is 6.31. The van der Waals surface area contributed by atoms with Gasteiger partial charge in [-0.05, 0) is 13.8 Å². The zero-order chi connectivity index (χ0) is 21.1. The number of alkyl carbamates (subject to hydrolysis) is 2. The minimum absolute atomic E-state index is 0.0640. The predicted molar refractivity (Wildman–Crippen MR) is 102 cm³/mol. The summed E-state index contributed by atoms with van der Waals surface area (Å²) >= 11 is 11.3. The van der Waals surface area contributed by atoms with Crippen LogP contribution in [0.5, 0.6) is 0 Å². The van der Waals surface area contributed by atoms with E-state index in [1.807, 2.05) is 0 Å². The topological polar surface area (TPSA) is 135 Å². The third-order valence-electron chi connectivity index (χ3n) is 3.21. The normalized spacial score (nSPS) is 14.0. The number of rotatable bonds is 10. The van der Waals surface area contributed by atoms with Gasteiger partial charge < -0.3 is 20.1 Å². The number of alkyl halides is 2. The maximum atomic E-state index is 12.9. The first-order valence-corrected chi connectivity index (χ1v) is 9.53. The van der Waals surface area contributed by atoms with Crippen LogP contribution in [0.4, 0.5) is 9.59 Å². The van der Waals surface area contributed by atoms with E-state index in [9.17, 15) is 19.2 Å². The molecule has 1 rings (SSSR count). The van der Waals surface area contributed by atoms with Crippen LogP contribution in [0.2, 0.25) is 0 Å². The molecule has 1 aliphatic rings. The Morgan fingerprint density at radius 3 is 1.39 bits per heavy atom. The molecule has 2 amide bonds. The molecule has 1 aliphatic carbocycles. The van der Waals surface area contributed by atoms with Gasteiger partial charge in [0.1, 0.15) is 22.8 Å². The molecule has 0 radical (unpaired) electrons. The summed E-state index contributed by atoms with van der Waals surface area (Å²) in [6.45, 7) is 3.55. The molecule has 0 saturated heterocycles. The Labute approximate surface area is 172 Å². The summed E-state index contributed by atoms with van der Waals surface area (Å²) in [6.07, 6.45) is -1.83. The molecule has 0 fully saturated rings. The first-order chi connectivity index (χ1) is 13.4. The van der Waals surface area contributed by atoms with E-state index in [2.05, 4.69) is 21.3 Å². The quantitative estimate of drug-likeness (QED) is 0.290. The highest BCUT2D eigenvalue weighted by atomic mass is 35.5. The summed E-state index contributed by atoms with van der Waals surface area (Å²) in [6, 6.07) is 0. The SMILES string of the molecule is CCOC(=O)NC1=C(NCCCl)C(=O)C(NC(=O)OCC)=C(NCCCl)C1=O. The van der Waals surface area contributed by atoms with Crippen LogP contribution in [0.15, 0.2) is 22.8 Å². The lowest BCUT2D eigenvalue weighted by molar-refractivity contribution is -0.117. The second-order valence-corrected chi connectivity index (χ2v) is 5.84. The van der Waals surface area contributed by atoms with E-state index in [-0.39, 0.29) is 60.9 Å². The van der Waals surface area contributed by atoms with E-state index >= 15 is 0 Å². The molecule has 0 aliphatic heterocycles. The molecule has 0 aromatic rings. The van der Waals surface area contributed by atoms with Gasteiger partial charge in [-0.3, -0.25) is 20.2 Å². The van der Waals surface area contributed by atoms with Crippen molar-refractivity contribution in [1.29, 1.82) is 0 Å². The van der Waals surface area contributed by atoms with Crippen molar-refractivity contribution < 1.29 is 28.7 Å². The van der Waals surface area contributed by atoms with E-state index in [4.69, 9.17) is 32.7 Å². The van der Waals surface area contributed by atoms with Gasteiger partial charge in [0.05, 0.1) is 13.2 Å². The van der Waals surface area contributed by atoms with Crippen molar-refractivity contribution in [2.45, 2.75) is 13.8 Å². The first kappa shape index (κ1) is 23.6. The van der Waals surface area contributed by atoms with Crippen molar-refractivity contribution in [3.8, 4) is 0 Å². The van der Waals surface area contributed by atoms with Crippen LogP contribution in [0.1, 0.15) is 13.8 Å². The Bertz CT molecular complexity index is 635. The smallest absolute Gasteiger partial charge is 0.411 e. The van der Waals surface area contributed by atoms with Crippen molar-refractivity contribution in [3.05, 3.63) is 22.8 Å². The van der Waals surface area contributed by atoms with Crippen molar-refractivity contribution in [2.75, 3.05) is 38.1 Å². The number of halogens is 2. The van der Waals surface area contributed by atoms with Gasteiger partial charge >= 0.3 is 12.2 Å². The Hall–Kier alpha value is -2.46. The fraction of sp³-hybridized carbons (Fsp3) is 0.500. The molecule has 0 saturated carbocycles. The fourth-order valence-electron chi connectivity index (χ4n) is 2.16. The third-order valence-corrected chi connectivity index (χ3v) is 3.58. The van der Waals surface area contributed by atoms with Gasteiger partial charge in [0.25, 0.3) is 0 Å². The number of ketones is 2. The molecule has 0 heterocycles. The van der Waals surface area contributed by atoms with Crippen LogP contribution in [0.25, 0.3) is 0 Å². The fourth-order valence-corrected chi connectivity index (χ4v) is 2.35. The Balaban J connectivity index is 3.35. The molecule has 0 aromatic heterocycles. The number of hydrogen-bond donors (Lipinski definition) is 4. The Morgan fingerprint density at radius 2 is 1.11 bits per heavy atom. The van der Waals surface area contributed by atoms with Crippen LogP contribution in [0, 0.1) is 0 Å². The lowest BCUT2D eigenvalue weighted by Crippen LogP contribution is -2.46.